The molecule has 4 nitrogen and oxygen atoms in total. The van der Waals surface area contributed by atoms with Gasteiger partial charge in [0, 0.05) is 0 Å². The number of aromatic carboxylic acids is 1. The van der Waals surface area contributed by atoms with Gasteiger partial charge in [-0.2, -0.15) is 0 Å². The fourth-order valence-corrected chi connectivity index (χ4v) is 2.24. The molecule has 0 fully saturated rings. The molecule has 2 atom stereocenters. The van der Waals surface area contributed by atoms with Crippen molar-refractivity contribution < 1.29 is 20.1 Å². The van der Waals surface area contributed by atoms with Gasteiger partial charge in [0.25, 0.3) is 0 Å². The van der Waals surface area contributed by atoms with Crippen molar-refractivity contribution in [3.8, 4) is 0 Å². The van der Waals surface area contributed by atoms with Crippen LogP contribution in [0, 0.1) is 0 Å². The van der Waals surface area contributed by atoms with Crippen molar-refractivity contribution in [3.63, 3.8) is 0 Å². The summed E-state index contributed by atoms with van der Waals surface area (Å²) in [6, 6.07) is 9.78. The molecule has 2 rings (SSSR count). The van der Waals surface area contributed by atoms with E-state index in [1.54, 1.807) is 30.3 Å². The van der Waals surface area contributed by atoms with Crippen molar-refractivity contribution in [2.75, 3.05) is 5.88 Å². The van der Waals surface area contributed by atoms with Crippen LogP contribution in [0.3, 0.4) is 0 Å². The average Bonchev–Trinajstić information content (AvgIpc) is 2.44. The van der Waals surface area contributed by atoms with Gasteiger partial charge in [-0.05, 0) is 22.4 Å². The molecule has 0 amide bonds. The molecule has 0 aliphatic carbocycles. The van der Waals surface area contributed by atoms with Crippen molar-refractivity contribution in [3.05, 3.63) is 47.5 Å². The molecule has 0 spiro atoms. The second-order valence-electron chi connectivity index (χ2n) is 4.22. The first-order chi connectivity index (χ1) is 9.06. The van der Waals surface area contributed by atoms with Gasteiger partial charge >= 0.3 is 5.97 Å². The molecule has 0 bridgehead atoms. The molecule has 2 aromatic carbocycles. The third-order valence-electron chi connectivity index (χ3n) is 3.03. The molecule has 0 aliphatic heterocycles. The number of rotatable bonds is 4. The molecule has 3 N–H and O–H groups in total. The Bertz CT molecular complexity index is 611. The maximum absolute atomic E-state index is 11.2. The highest BCUT2D eigenvalue weighted by Crippen LogP contribution is 2.28. The van der Waals surface area contributed by atoms with Crippen LogP contribution >= 0.6 is 11.6 Å². The minimum absolute atomic E-state index is 0.101. The van der Waals surface area contributed by atoms with E-state index in [1.807, 2.05) is 0 Å². The molecule has 0 heterocycles. The van der Waals surface area contributed by atoms with Gasteiger partial charge in [-0.15, -0.1) is 11.6 Å². The van der Waals surface area contributed by atoms with Crippen LogP contribution in [-0.2, 0) is 0 Å². The molecular formula is C14H13ClO4. The van der Waals surface area contributed by atoms with Gasteiger partial charge in [0.05, 0.1) is 17.5 Å². The first-order valence-corrected chi connectivity index (χ1v) is 6.26. The van der Waals surface area contributed by atoms with E-state index in [0.717, 1.165) is 0 Å². The molecule has 0 saturated carbocycles. The maximum atomic E-state index is 11.2. The summed E-state index contributed by atoms with van der Waals surface area (Å²) < 4.78 is 0. The van der Waals surface area contributed by atoms with Crippen molar-refractivity contribution >= 4 is 28.3 Å². The van der Waals surface area contributed by atoms with Gasteiger partial charge in [0.2, 0.25) is 0 Å². The lowest BCUT2D eigenvalue weighted by Crippen LogP contribution is -2.20. The van der Waals surface area contributed by atoms with Crippen LogP contribution in [0.15, 0.2) is 36.4 Å². The highest BCUT2D eigenvalue weighted by molar-refractivity contribution is 6.18. The summed E-state index contributed by atoms with van der Waals surface area (Å²) >= 11 is 5.53. The van der Waals surface area contributed by atoms with Gasteiger partial charge in [-0.3, -0.25) is 0 Å². The minimum Gasteiger partial charge on any atom is -0.478 e. The summed E-state index contributed by atoms with van der Waals surface area (Å²) in [4.78, 5) is 11.2. The van der Waals surface area contributed by atoms with Crippen LogP contribution < -0.4 is 0 Å². The number of halogens is 1. The summed E-state index contributed by atoms with van der Waals surface area (Å²) in [6.07, 6.45) is -2.24. The lowest BCUT2D eigenvalue weighted by Gasteiger charge is -2.18. The summed E-state index contributed by atoms with van der Waals surface area (Å²) in [5, 5.41) is 29.9. The summed E-state index contributed by atoms with van der Waals surface area (Å²) in [5.74, 6) is -1.13. The van der Waals surface area contributed by atoms with Gasteiger partial charge in [0.15, 0.2) is 0 Å². The van der Waals surface area contributed by atoms with E-state index in [2.05, 4.69) is 0 Å². The van der Waals surface area contributed by atoms with E-state index in [9.17, 15) is 15.0 Å². The van der Waals surface area contributed by atoms with Crippen LogP contribution in [0.25, 0.3) is 10.8 Å². The smallest absolute Gasteiger partial charge is 0.336 e. The third-order valence-corrected chi connectivity index (χ3v) is 3.34. The van der Waals surface area contributed by atoms with Crippen LogP contribution in [0.1, 0.15) is 22.0 Å². The van der Waals surface area contributed by atoms with Gasteiger partial charge in [0.1, 0.15) is 6.10 Å². The van der Waals surface area contributed by atoms with Crippen LogP contribution in [-0.4, -0.2) is 33.3 Å². The van der Waals surface area contributed by atoms with Crippen LogP contribution in [0.5, 0.6) is 0 Å². The molecule has 0 radical (unpaired) electrons. The Morgan fingerprint density at radius 2 is 1.74 bits per heavy atom. The average molecular weight is 281 g/mol. The lowest BCUT2D eigenvalue weighted by atomic mass is 9.95. The zero-order chi connectivity index (χ0) is 14.0. The molecule has 2 unspecified atom stereocenters. The fourth-order valence-electron chi connectivity index (χ4n) is 2.07. The quantitative estimate of drug-likeness (QED) is 0.750. The molecule has 5 heteroatoms. The highest BCUT2D eigenvalue weighted by atomic mass is 35.5. The minimum atomic E-state index is -1.15. The van der Waals surface area contributed by atoms with Crippen LogP contribution in [0.2, 0.25) is 0 Å². The Morgan fingerprint density at radius 3 is 2.37 bits per heavy atom. The number of benzene rings is 2. The largest absolute Gasteiger partial charge is 0.478 e. The zero-order valence-corrected chi connectivity index (χ0v) is 10.7. The first-order valence-electron chi connectivity index (χ1n) is 5.73. The summed E-state index contributed by atoms with van der Waals surface area (Å²) in [7, 11) is 0. The predicted molar refractivity (Wildman–Crippen MR) is 72.6 cm³/mol. The van der Waals surface area contributed by atoms with E-state index in [4.69, 9.17) is 16.7 Å². The molecule has 0 saturated heterocycles. The number of hydrogen-bond acceptors (Lipinski definition) is 3. The number of aliphatic hydroxyl groups is 2. The Balaban J connectivity index is 2.64. The number of carbonyl (C=O) groups is 1. The molecule has 0 aliphatic rings. The third kappa shape index (κ3) is 2.56. The number of carboxylic acids is 1. The normalized spacial score (nSPS) is 14.3. The lowest BCUT2D eigenvalue weighted by molar-refractivity contribution is 0.0336. The second-order valence-corrected chi connectivity index (χ2v) is 4.53. The van der Waals surface area contributed by atoms with E-state index in [0.29, 0.717) is 16.3 Å². The van der Waals surface area contributed by atoms with Crippen molar-refractivity contribution in [1.82, 2.24) is 0 Å². The van der Waals surface area contributed by atoms with Gasteiger partial charge < -0.3 is 15.3 Å². The van der Waals surface area contributed by atoms with E-state index in [-0.39, 0.29) is 11.4 Å². The van der Waals surface area contributed by atoms with E-state index < -0.39 is 18.2 Å². The predicted octanol–water partition coefficient (Wildman–Crippen LogP) is 2.17. The van der Waals surface area contributed by atoms with Gasteiger partial charge in [-0.1, -0.05) is 30.3 Å². The SMILES string of the molecule is O=C(O)c1cccc2c(C(O)C(O)CCl)cccc12. The van der Waals surface area contributed by atoms with E-state index >= 15 is 0 Å². The topological polar surface area (TPSA) is 77.8 Å². The number of fused-ring (bicyclic) bond motifs is 1. The Hall–Kier alpha value is -1.62. The fraction of sp³-hybridized carbons (Fsp3) is 0.214. The number of alkyl halides is 1. The molecule has 100 valence electrons. The number of hydrogen-bond donors (Lipinski definition) is 3. The molecule has 19 heavy (non-hydrogen) atoms. The second kappa shape index (κ2) is 5.57. The van der Waals surface area contributed by atoms with Crippen molar-refractivity contribution in [1.29, 1.82) is 0 Å². The number of aliphatic hydroxyl groups excluding tert-OH is 2. The van der Waals surface area contributed by atoms with E-state index in [1.165, 1.54) is 6.07 Å². The molecular weight excluding hydrogens is 268 g/mol. The highest BCUT2D eigenvalue weighted by Gasteiger charge is 2.20. The van der Waals surface area contributed by atoms with Gasteiger partial charge in [-0.25, -0.2) is 4.79 Å². The summed E-state index contributed by atoms with van der Waals surface area (Å²) in [6.45, 7) is 0. The molecule has 2 aromatic rings. The van der Waals surface area contributed by atoms with Crippen molar-refractivity contribution in [2.24, 2.45) is 0 Å². The standard InChI is InChI=1S/C14H13ClO4/c15-7-12(16)13(17)10-5-1-4-9-8(10)3-2-6-11(9)14(18)19/h1-6,12-13,16-17H,7H2,(H,18,19). The summed E-state index contributed by atoms with van der Waals surface area (Å²) in [5.41, 5.74) is 0.626. The monoisotopic (exact) mass is 280 g/mol. The molecule has 0 aromatic heterocycles. The number of carboxylic acid groups (broad SMARTS) is 1. The Morgan fingerprint density at radius 1 is 1.11 bits per heavy atom. The Kier molecular flexibility index (Phi) is 4.04. The maximum Gasteiger partial charge on any atom is 0.336 e. The van der Waals surface area contributed by atoms with Crippen molar-refractivity contribution in [2.45, 2.75) is 12.2 Å². The first kappa shape index (κ1) is 13.8. The Labute approximate surface area is 114 Å². The zero-order valence-electron chi connectivity index (χ0n) is 9.95. The van der Waals surface area contributed by atoms with Crippen LogP contribution in [0.4, 0.5) is 0 Å².